The second-order valence-corrected chi connectivity index (χ2v) is 3.86. The van der Waals surface area contributed by atoms with Gasteiger partial charge in [0.15, 0.2) is 0 Å². The first kappa shape index (κ1) is 10.1. The summed E-state index contributed by atoms with van der Waals surface area (Å²) >= 11 is 7.70. The van der Waals surface area contributed by atoms with Crippen molar-refractivity contribution < 1.29 is 0 Å². The molecule has 0 bridgehead atoms. The van der Waals surface area contributed by atoms with Gasteiger partial charge in [-0.15, -0.1) is 0 Å². The van der Waals surface area contributed by atoms with Gasteiger partial charge in [-0.05, 0) is 24.7 Å². The van der Waals surface area contributed by atoms with Gasteiger partial charge < -0.3 is 5.32 Å². The van der Waals surface area contributed by atoms with E-state index in [1.807, 2.05) is 19.2 Å². The Balaban J connectivity index is 2.85. The van der Waals surface area contributed by atoms with Crippen LogP contribution in [0.25, 0.3) is 0 Å². The number of hydrogen-bond donors (Lipinski definition) is 2. The zero-order valence-corrected chi connectivity index (χ0v) is 9.40. The maximum atomic E-state index is 4.26. The average molecular weight is 246 g/mol. The average Bonchev–Trinajstić information content (AvgIpc) is 2.07. The highest BCUT2D eigenvalue weighted by atomic mass is 79.9. The van der Waals surface area contributed by atoms with Crippen LogP contribution in [0.3, 0.4) is 0 Å². The van der Waals surface area contributed by atoms with Crippen molar-refractivity contribution in [2.45, 2.75) is 6.04 Å². The normalized spacial score (nSPS) is 12.9. The first-order chi connectivity index (χ1) is 5.77. The predicted octanol–water partition coefficient (Wildman–Crippen LogP) is 2.64. The number of rotatable bonds is 3. The molecule has 0 saturated carbocycles. The highest BCUT2D eigenvalue weighted by Crippen LogP contribution is 2.18. The van der Waals surface area contributed by atoms with Gasteiger partial charge in [0.2, 0.25) is 0 Å². The molecule has 3 heteroatoms. The molecule has 66 valence electrons. The van der Waals surface area contributed by atoms with Crippen molar-refractivity contribution >= 4 is 28.6 Å². The second kappa shape index (κ2) is 4.90. The van der Waals surface area contributed by atoms with Crippen LogP contribution in [0, 0.1) is 0 Å². The maximum absolute atomic E-state index is 4.26. The molecule has 1 rings (SSSR count). The molecular formula is C9H12BrNS. The van der Waals surface area contributed by atoms with Crippen LogP contribution in [0.15, 0.2) is 28.7 Å². The molecule has 12 heavy (non-hydrogen) atoms. The minimum atomic E-state index is 0.339. The van der Waals surface area contributed by atoms with Crippen molar-refractivity contribution in [2.24, 2.45) is 0 Å². The predicted molar refractivity (Wildman–Crippen MR) is 59.8 cm³/mol. The Morgan fingerprint density at radius 2 is 2.33 bits per heavy atom. The van der Waals surface area contributed by atoms with Gasteiger partial charge in [-0.2, -0.15) is 12.6 Å². The Labute approximate surface area is 87.1 Å². The van der Waals surface area contributed by atoms with Gasteiger partial charge in [-0.25, -0.2) is 0 Å². The quantitative estimate of drug-likeness (QED) is 0.781. The highest BCUT2D eigenvalue weighted by Gasteiger charge is 2.05. The van der Waals surface area contributed by atoms with Crippen LogP contribution in [-0.2, 0) is 0 Å². The molecule has 0 aliphatic heterocycles. The minimum Gasteiger partial charge on any atom is -0.312 e. The fourth-order valence-corrected chi connectivity index (χ4v) is 1.90. The van der Waals surface area contributed by atoms with Crippen molar-refractivity contribution in [2.75, 3.05) is 12.8 Å². The zero-order chi connectivity index (χ0) is 8.97. The van der Waals surface area contributed by atoms with E-state index >= 15 is 0 Å². The molecule has 0 fully saturated rings. The number of thiol groups is 1. The van der Waals surface area contributed by atoms with E-state index in [1.165, 1.54) is 5.56 Å². The lowest BCUT2D eigenvalue weighted by Gasteiger charge is -2.13. The Morgan fingerprint density at radius 3 is 2.83 bits per heavy atom. The van der Waals surface area contributed by atoms with Crippen LogP contribution >= 0.6 is 28.6 Å². The summed E-state index contributed by atoms with van der Waals surface area (Å²) in [4.78, 5) is 0. The Kier molecular flexibility index (Phi) is 4.12. The molecule has 0 heterocycles. The SMILES string of the molecule is CNC(CS)c1cccc(Br)c1. The fourth-order valence-electron chi connectivity index (χ4n) is 1.09. The molecule has 1 N–H and O–H groups in total. The summed E-state index contributed by atoms with van der Waals surface area (Å²) in [5, 5.41) is 3.20. The molecule has 0 aliphatic carbocycles. The Bertz CT molecular complexity index is 248. The van der Waals surface area contributed by atoms with Crippen molar-refractivity contribution in [1.29, 1.82) is 0 Å². The fraction of sp³-hybridized carbons (Fsp3) is 0.333. The Morgan fingerprint density at radius 1 is 1.58 bits per heavy atom. The van der Waals surface area contributed by atoms with Gasteiger partial charge in [-0.1, -0.05) is 28.1 Å². The summed E-state index contributed by atoms with van der Waals surface area (Å²) in [6.45, 7) is 0. The van der Waals surface area contributed by atoms with Gasteiger partial charge in [0.05, 0.1) is 0 Å². The maximum Gasteiger partial charge on any atom is 0.0407 e. The third kappa shape index (κ3) is 2.51. The number of hydrogen-bond acceptors (Lipinski definition) is 2. The summed E-state index contributed by atoms with van der Waals surface area (Å²) in [7, 11) is 1.95. The number of halogens is 1. The smallest absolute Gasteiger partial charge is 0.0407 e. The van der Waals surface area contributed by atoms with Crippen LogP contribution in [-0.4, -0.2) is 12.8 Å². The van der Waals surface area contributed by atoms with Gasteiger partial charge in [0.1, 0.15) is 0 Å². The van der Waals surface area contributed by atoms with E-state index in [0.29, 0.717) is 6.04 Å². The second-order valence-electron chi connectivity index (χ2n) is 2.58. The van der Waals surface area contributed by atoms with E-state index in [-0.39, 0.29) is 0 Å². The van der Waals surface area contributed by atoms with Crippen molar-refractivity contribution in [3.63, 3.8) is 0 Å². The van der Waals surface area contributed by atoms with Crippen molar-refractivity contribution in [1.82, 2.24) is 5.32 Å². The molecule has 0 amide bonds. The lowest BCUT2D eigenvalue weighted by Crippen LogP contribution is -2.17. The summed E-state index contributed by atoms with van der Waals surface area (Å²) in [5.74, 6) is 0.812. The molecule has 1 nitrogen and oxygen atoms in total. The van der Waals surface area contributed by atoms with Gasteiger partial charge >= 0.3 is 0 Å². The summed E-state index contributed by atoms with van der Waals surface area (Å²) in [6.07, 6.45) is 0. The molecule has 0 aliphatic rings. The zero-order valence-electron chi connectivity index (χ0n) is 6.92. The summed E-state index contributed by atoms with van der Waals surface area (Å²) < 4.78 is 1.11. The molecule has 0 aromatic heterocycles. The van der Waals surface area contributed by atoms with E-state index in [9.17, 15) is 0 Å². The van der Waals surface area contributed by atoms with E-state index < -0.39 is 0 Å². The van der Waals surface area contributed by atoms with Crippen molar-refractivity contribution in [3.05, 3.63) is 34.3 Å². The van der Waals surface area contributed by atoms with Crippen LogP contribution in [0.2, 0.25) is 0 Å². The van der Waals surface area contributed by atoms with Crippen LogP contribution in [0.5, 0.6) is 0 Å². The van der Waals surface area contributed by atoms with E-state index in [1.54, 1.807) is 0 Å². The minimum absolute atomic E-state index is 0.339. The van der Waals surface area contributed by atoms with Gasteiger partial charge in [0.25, 0.3) is 0 Å². The first-order valence-electron chi connectivity index (χ1n) is 3.81. The standard InChI is InChI=1S/C9H12BrNS/c1-11-9(6-12)7-3-2-4-8(10)5-7/h2-5,9,11-12H,6H2,1H3. The topological polar surface area (TPSA) is 12.0 Å². The Hall–Kier alpha value is 0.01000. The largest absolute Gasteiger partial charge is 0.312 e. The number of nitrogens with one attached hydrogen (secondary N) is 1. The van der Waals surface area contributed by atoms with Crippen molar-refractivity contribution in [3.8, 4) is 0 Å². The molecule has 0 radical (unpaired) electrons. The van der Waals surface area contributed by atoms with Crippen LogP contribution in [0.1, 0.15) is 11.6 Å². The monoisotopic (exact) mass is 245 g/mol. The third-order valence-corrected chi connectivity index (χ3v) is 2.64. The van der Waals surface area contributed by atoms with Gasteiger partial charge in [0, 0.05) is 16.3 Å². The summed E-state index contributed by atoms with van der Waals surface area (Å²) in [6, 6.07) is 8.60. The summed E-state index contributed by atoms with van der Waals surface area (Å²) in [5.41, 5.74) is 1.27. The molecular weight excluding hydrogens is 234 g/mol. The van der Waals surface area contributed by atoms with Crippen LogP contribution < -0.4 is 5.32 Å². The van der Waals surface area contributed by atoms with E-state index in [0.717, 1.165) is 10.2 Å². The van der Waals surface area contributed by atoms with Crippen LogP contribution in [0.4, 0.5) is 0 Å². The van der Waals surface area contributed by atoms with Gasteiger partial charge in [-0.3, -0.25) is 0 Å². The molecule has 1 aromatic carbocycles. The lowest BCUT2D eigenvalue weighted by atomic mass is 10.1. The molecule has 0 spiro atoms. The molecule has 1 atom stereocenters. The highest BCUT2D eigenvalue weighted by molar-refractivity contribution is 9.10. The number of benzene rings is 1. The molecule has 0 saturated heterocycles. The first-order valence-corrected chi connectivity index (χ1v) is 5.24. The third-order valence-electron chi connectivity index (χ3n) is 1.78. The molecule has 1 unspecified atom stereocenters. The van der Waals surface area contributed by atoms with E-state index in [2.05, 4.69) is 46.0 Å². The lowest BCUT2D eigenvalue weighted by molar-refractivity contribution is 0.663. The van der Waals surface area contributed by atoms with E-state index in [4.69, 9.17) is 0 Å². The molecule has 1 aromatic rings.